The molecule has 0 aromatic rings. The Balaban J connectivity index is 0. The predicted octanol–water partition coefficient (Wildman–Crippen LogP) is -28.9. The molecule has 0 saturated heterocycles. The van der Waals surface area contributed by atoms with E-state index in [1.54, 1.807) is 0 Å². The van der Waals surface area contributed by atoms with Crippen molar-refractivity contribution in [2.45, 2.75) is 0 Å². The first kappa shape index (κ1) is 267. The number of rotatable bonds is 0. The maximum Gasteiger partial charge on any atom is 4.00 e. The van der Waals surface area contributed by atoms with Crippen molar-refractivity contribution >= 4 is 0 Å². The Morgan fingerprint density at radius 1 is 0.267 bits per heavy atom. The van der Waals surface area contributed by atoms with Crippen molar-refractivity contribution in [2.24, 2.45) is 0 Å². The van der Waals surface area contributed by atoms with Crippen LogP contribution in [0.25, 0.3) is 0 Å². The average molecular weight is 829 g/mol. The van der Waals surface area contributed by atoms with E-state index >= 15 is 0 Å². The molecule has 0 aliphatic rings. The molecular weight excluding hydrogens is 816 g/mol. The standard InChI is InChI=1S/6BrH.2Na.6H2O.Pt/h6*1H;;;6*1H2;/q;;;;;;2*+1;;;;;;;+4/p-6. The van der Waals surface area contributed by atoms with E-state index in [0.29, 0.717) is 0 Å². The van der Waals surface area contributed by atoms with Crippen molar-refractivity contribution in [3.63, 3.8) is 0 Å². The topological polar surface area (TPSA) is 189 Å². The minimum Gasteiger partial charge on any atom is -1.00 e. The second-order valence-electron chi connectivity index (χ2n) is 0. The van der Waals surface area contributed by atoms with Gasteiger partial charge >= 0.3 is 80.2 Å². The summed E-state index contributed by atoms with van der Waals surface area (Å²) in [6.45, 7) is 0. The number of hydrogen-bond acceptors (Lipinski definition) is 0. The SMILES string of the molecule is O.O.O.O.O.O.[Br-].[Br-].[Br-].[Br-].[Br-].[Br-].[Na+].[Na+].[Pt+4]. The largest absolute Gasteiger partial charge is 4.00 e. The summed E-state index contributed by atoms with van der Waals surface area (Å²) in [5.41, 5.74) is 0. The van der Waals surface area contributed by atoms with Crippen molar-refractivity contribution in [1.82, 2.24) is 0 Å². The van der Waals surface area contributed by atoms with Gasteiger partial charge in [0.1, 0.15) is 0 Å². The fourth-order valence-electron chi connectivity index (χ4n) is 0. The molecule has 0 unspecified atom stereocenters. The Labute approximate surface area is 211 Å². The third-order valence-corrected chi connectivity index (χ3v) is 0. The molecular formula is H12Br6Na2O6Pt. The van der Waals surface area contributed by atoms with E-state index in [1.807, 2.05) is 0 Å². The van der Waals surface area contributed by atoms with E-state index < -0.39 is 0 Å². The maximum absolute atomic E-state index is 0. The van der Waals surface area contributed by atoms with Crippen LogP contribution in [0.3, 0.4) is 0 Å². The third-order valence-electron chi connectivity index (χ3n) is 0. The summed E-state index contributed by atoms with van der Waals surface area (Å²) in [4.78, 5) is 0. The van der Waals surface area contributed by atoms with Gasteiger partial charge in [-0.3, -0.25) is 0 Å². The Hall–Kier alpha value is 5.33. The van der Waals surface area contributed by atoms with Gasteiger partial charge in [-0.05, 0) is 0 Å². The van der Waals surface area contributed by atoms with Gasteiger partial charge in [-0.25, -0.2) is 0 Å². The Morgan fingerprint density at radius 3 is 0.267 bits per heavy atom. The van der Waals surface area contributed by atoms with Gasteiger partial charge in [0, 0.05) is 0 Å². The second kappa shape index (κ2) is 229. The molecule has 0 amide bonds. The fourth-order valence-corrected chi connectivity index (χ4v) is 0. The van der Waals surface area contributed by atoms with Crippen LogP contribution in [0.1, 0.15) is 0 Å². The molecule has 0 bridgehead atoms. The number of halogens is 6. The average Bonchev–Trinajstić information content (AvgIpc) is 0. The predicted molar refractivity (Wildman–Crippen MR) is 21.7 cm³/mol. The van der Waals surface area contributed by atoms with E-state index in [2.05, 4.69) is 0 Å². The molecule has 0 spiro atoms. The molecule has 0 aromatic heterocycles. The fraction of sp³-hybridized carbons (Fsp3) is 0. The summed E-state index contributed by atoms with van der Waals surface area (Å²) in [5, 5.41) is 0. The van der Waals surface area contributed by atoms with Gasteiger partial charge in [0.05, 0.1) is 0 Å². The molecule has 15 heavy (non-hydrogen) atoms. The van der Waals surface area contributed by atoms with Gasteiger partial charge in [0.2, 0.25) is 0 Å². The van der Waals surface area contributed by atoms with Crippen LogP contribution in [0.15, 0.2) is 0 Å². The van der Waals surface area contributed by atoms with Crippen molar-refractivity contribution in [1.29, 1.82) is 0 Å². The van der Waals surface area contributed by atoms with Crippen LogP contribution in [0.5, 0.6) is 0 Å². The van der Waals surface area contributed by atoms with Crippen LogP contribution in [-0.4, -0.2) is 32.9 Å². The molecule has 0 atom stereocenters. The van der Waals surface area contributed by atoms with Crippen molar-refractivity contribution in [3.05, 3.63) is 0 Å². The smallest absolute Gasteiger partial charge is 1.00 e. The quantitative estimate of drug-likeness (QED) is 0.210. The van der Waals surface area contributed by atoms with Gasteiger partial charge in [0.15, 0.2) is 0 Å². The van der Waals surface area contributed by atoms with Gasteiger partial charge in [-0.1, -0.05) is 0 Å². The molecule has 12 N–H and O–H groups in total. The molecule has 0 fully saturated rings. The minimum absolute atomic E-state index is 0. The minimum atomic E-state index is 0. The molecule has 0 aliphatic carbocycles. The van der Waals surface area contributed by atoms with Crippen molar-refractivity contribution in [2.75, 3.05) is 0 Å². The summed E-state index contributed by atoms with van der Waals surface area (Å²) in [6.07, 6.45) is 0. The summed E-state index contributed by atoms with van der Waals surface area (Å²) in [5.74, 6) is 0. The molecule has 0 aromatic carbocycles. The van der Waals surface area contributed by atoms with E-state index in [0.717, 1.165) is 0 Å². The van der Waals surface area contributed by atoms with Gasteiger partial charge in [0.25, 0.3) is 0 Å². The zero-order valence-corrected chi connectivity index (χ0v) is 23.4. The van der Waals surface area contributed by atoms with Crippen LogP contribution < -0.4 is 161 Å². The van der Waals surface area contributed by atoms with Crippen LogP contribution in [0, 0.1) is 0 Å². The zero-order chi connectivity index (χ0) is 0. The molecule has 0 rings (SSSR count). The number of hydrogen-bond donors (Lipinski definition) is 0. The Bertz CT molecular complexity index is 25.6. The van der Waals surface area contributed by atoms with E-state index in [1.165, 1.54) is 0 Å². The Morgan fingerprint density at radius 2 is 0.267 bits per heavy atom. The molecule has 6 nitrogen and oxygen atoms in total. The molecule has 0 heterocycles. The van der Waals surface area contributed by atoms with E-state index in [4.69, 9.17) is 0 Å². The molecule has 102 valence electrons. The van der Waals surface area contributed by atoms with E-state index in [9.17, 15) is 0 Å². The molecule has 15 heteroatoms. The van der Waals surface area contributed by atoms with Gasteiger partial charge in [-0.15, -0.1) is 0 Å². The molecule has 0 radical (unpaired) electrons. The normalized spacial score (nSPS) is 0. The molecule has 0 saturated carbocycles. The van der Waals surface area contributed by atoms with Crippen LogP contribution in [0.4, 0.5) is 0 Å². The first-order valence-corrected chi connectivity index (χ1v) is 0. The third kappa shape index (κ3) is 204. The first-order valence-electron chi connectivity index (χ1n) is 0. The summed E-state index contributed by atoms with van der Waals surface area (Å²) < 4.78 is 0. The van der Waals surface area contributed by atoms with Crippen LogP contribution >= 0.6 is 0 Å². The summed E-state index contributed by atoms with van der Waals surface area (Å²) in [6, 6.07) is 0. The summed E-state index contributed by atoms with van der Waals surface area (Å²) in [7, 11) is 0. The van der Waals surface area contributed by atoms with E-state index in [-0.39, 0.29) is 215 Å². The van der Waals surface area contributed by atoms with Gasteiger partial charge < -0.3 is 135 Å². The Kier molecular flexibility index (Phi) is 4080. The molecule has 0 aliphatic heterocycles. The first-order chi connectivity index (χ1) is 0. The monoisotopic (exact) mass is 823 g/mol. The zero-order valence-electron chi connectivity index (χ0n) is 7.58. The van der Waals surface area contributed by atoms with Gasteiger partial charge in [-0.2, -0.15) is 0 Å². The second-order valence-corrected chi connectivity index (χ2v) is 0. The maximum atomic E-state index is 0. The summed E-state index contributed by atoms with van der Waals surface area (Å²) >= 11 is 0. The van der Waals surface area contributed by atoms with Crippen LogP contribution in [-0.2, 0) is 21.1 Å². The van der Waals surface area contributed by atoms with Crippen LogP contribution in [0.2, 0.25) is 0 Å². The van der Waals surface area contributed by atoms with Crippen molar-refractivity contribution in [3.8, 4) is 0 Å². The van der Waals surface area contributed by atoms with Crippen molar-refractivity contribution < 1.29 is 215 Å².